The SMILES string of the molecule is CCCC(N)C(=O)N(C)C(C)c1sc(CC)nc1C.Cl.Cl. The molecule has 2 atom stereocenters. The van der Waals surface area contributed by atoms with Crippen LogP contribution in [0.2, 0.25) is 0 Å². The lowest BCUT2D eigenvalue weighted by molar-refractivity contribution is -0.133. The summed E-state index contributed by atoms with van der Waals surface area (Å²) in [7, 11) is 1.83. The van der Waals surface area contributed by atoms with Crippen molar-refractivity contribution in [3.8, 4) is 0 Å². The van der Waals surface area contributed by atoms with Crippen LogP contribution in [0.15, 0.2) is 0 Å². The van der Waals surface area contributed by atoms with E-state index in [0.29, 0.717) is 0 Å². The number of nitrogens with two attached hydrogens (primary N) is 1. The maximum absolute atomic E-state index is 12.2. The van der Waals surface area contributed by atoms with Crippen LogP contribution in [0.3, 0.4) is 0 Å². The molecule has 0 aliphatic carbocycles. The molecule has 0 aliphatic heterocycles. The van der Waals surface area contributed by atoms with E-state index < -0.39 is 6.04 Å². The molecule has 0 spiro atoms. The van der Waals surface area contributed by atoms with Gasteiger partial charge in [0.25, 0.3) is 0 Å². The van der Waals surface area contributed by atoms with E-state index in [1.54, 1.807) is 16.2 Å². The van der Waals surface area contributed by atoms with Crippen molar-refractivity contribution < 1.29 is 4.79 Å². The molecule has 0 saturated carbocycles. The average molecular weight is 356 g/mol. The number of likely N-dealkylation sites (N-methyl/N-ethyl adjacent to an activating group) is 1. The average Bonchev–Trinajstić information content (AvgIpc) is 2.77. The van der Waals surface area contributed by atoms with Crippen LogP contribution in [-0.2, 0) is 11.2 Å². The molecule has 0 aromatic carbocycles. The minimum Gasteiger partial charge on any atom is -0.337 e. The molecule has 1 aromatic heterocycles. The van der Waals surface area contributed by atoms with Gasteiger partial charge < -0.3 is 10.6 Å². The molecule has 1 heterocycles. The Bertz CT molecular complexity index is 440. The van der Waals surface area contributed by atoms with Gasteiger partial charge in [-0.2, -0.15) is 0 Å². The second-order valence-corrected chi connectivity index (χ2v) is 6.05. The van der Waals surface area contributed by atoms with Crippen LogP contribution in [0, 0.1) is 6.92 Å². The number of nitrogens with zero attached hydrogens (tertiary/aromatic N) is 2. The first-order valence-corrected chi connectivity index (χ1v) is 7.72. The molecule has 1 amide bonds. The van der Waals surface area contributed by atoms with E-state index in [9.17, 15) is 4.79 Å². The number of carbonyl (C=O) groups is 1. The molecule has 2 unspecified atom stereocenters. The molecule has 0 radical (unpaired) electrons. The second-order valence-electron chi connectivity index (χ2n) is 4.93. The quantitative estimate of drug-likeness (QED) is 0.849. The number of aryl methyl sites for hydroxylation is 2. The third-order valence-electron chi connectivity index (χ3n) is 3.40. The molecule has 2 N–H and O–H groups in total. The highest BCUT2D eigenvalue weighted by molar-refractivity contribution is 7.11. The Balaban J connectivity index is 0. The van der Waals surface area contributed by atoms with E-state index in [2.05, 4.69) is 11.9 Å². The molecule has 1 aromatic rings. The maximum atomic E-state index is 12.2. The third-order valence-corrected chi connectivity index (χ3v) is 4.88. The van der Waals surface area contributed by atoms with Gasteiger partial charge in [-0.25, -0.2) is 4.98 Å². The summed E-state index contributed by atoms with van der Waals surface area (Å²) in [5, 5.41) is 1.12. The van der Waals surface area contributed by atoms with Gasteiger partial charge in [0.05, 0.1) is 22.8 Å². The Morgan fingerprint density at radius 1 is 1.38 bits per heavy atom. The molecule has 1 rings (SSSR count). The minimum atomic E-state index is -0.392. The highest BCUT2D eigenvalue weighted by Gasteiger charge is 2.25. The van der Waals surface area contributed by atoms with Crippen LogP contribution in [0.4, 0.5) is 0 Å². The van der Waals surface area contributed by atoms with Crippen LogP contribution >= 0.6 is 36.2 Å². The minimum absolute atomic E-state index is 0. The van der Waals surface area contributed by atoms with Crippen molar-refractivity contribution in [2.24, 2.45) is 5.73 Å². The molecule has 124 valence electrons. The van der Waals surface area contributed by atoms with Crippen LogP contribution in [0.5, 0.6) is 0 Å². The van der Waals surface area contributed by atoms with Crippen molar-refractivity contribution in [3.05, 3.63) is 15.6 Å². The molecule has 0 saturated heterocycles. The fourth-order valence-electron chi connectivity index (χ4n) is 2.07. The van der Waals surface area contributed by atoms with Crippen molar-refractivity contribution >= 4 is 42.1 Å². The van der Waals surface area contributed by atoms with Crippen molar-refractivity contribution in [2.45, 2.75) is 59.0 Å². The number of aromatic nitrogens is 1. The Kier molecular flexibility index (Phi) is 11.3. The maximum Gasteiger partial charge on any atom is 0.239 e. The first-order valence-electron chi connectivity index (χ1n) is 6.90. The largest absolute Gasteiger partial charge is 0.337 e. The molecule has 7 heteroatoms. The predicted octanol–water partition coefficient (Wildman–Crippen LogP) is 3.50. The number of thiazole rings is 1. The first-order chi connectivity index (χ1) is 8.92. The standard InChI is InChI=1S/C14H25N3OS.2ClH/c1-6-8-11(15)14(18)17(5)10(4)13-9(3)16-12(7-2)19-13;;/h10-11H,6-8,15H2,1-5H3;2*1H. The number of hydrogen-bond donors (Lipinski definition) is 1. The first kappa shape index (κ1) is 22.9. The molecular formula is C14H27Cl2N3OS. The number of carbonyl (C=O) groups excluding carboxylic acids is 1. The van der Waals surface area contributed by atoms with Gasteiger partial charge in [-0.1, -0.05) is 20.3 Å². The van der Waals surface area contributed by atoms with Crippen LogP contribution < -0.4 is 5.73 Å². The van der Waals surface area contributed by atoms with Gasteiger partial charge >= 0.3 is 0 Å². The summed E-state index contributed by atoms with van der Waals surface area (Å²) in [6, 6.07) is -0.357. The summed E-state index contributed by atoms with van der Waals surface area (Å²) in [4.78, 5) is 19.7. The van der Waals surface area contributed by atoms with Crippen molar-refractivity contribution in [3.63, 3.8) is 0 Å². The van der Waals surface area contributed by atoms with Crippen LogP contribution in [-0.4, -0.2) is 28.9 Å². The molecule has 0 bridgehead atoms. The van der Waals surface area contributed by atoms with E-state index in [1.165, 1.54) is 0 Å². The summed E-state index contributed by atoms with van der Waals surface area (Å²) < 4.78 is 0. The smallest absolute Gasteiger partial charge is 0.239 e. The van der Waals surface area contributed by atoms with Gasteiger partial charge in [-0.05, 0) is 26.7 Å². The van der Waals surface area contributed by atoms with Gasteiger partial charge in [0.15, 0.2) is 0 Å². The van der Waals surface area contributed by atoms with Gasteiger partial charge in [0, 0.05) is 11.9 Å². The van der Waals surface area contributed by atoms with Gasteiger partial charge in [-0.3, -0.25) is 4.79 Å². The number of rotatable bonds is 6. The highest BCUT2D eigenvalue weighted by Crippen LogP contribution is 2.29. The molecule has 0 aliphatic rings. The molecule has 0 fully saturated rings. The van der Waals surface area contributed by atoms with E-state index in [4.69, 9.17) is 5.73 Å². The monoisotopic (exact) mass is 355 g/mol. The number of hydrogen-bond acceptors (Lipinski definition) is 4. The summed E-state index contributed by atoms with van der Waals surface area (Å²) in [5.41, 5.74) is 6.94. The van der Waals surface area contributed by atoms with E-state index >= 15 is 0 Å². The zero-order chi connectivity index (χ0) is 14.6. The lowest BCUT2D eigenvalue weighted by Crippen LogP contribution is -2.42. The lowest BCUT2D eigenvalue weighted by Gasteiger charge is -2.27. The van der Waals surface area contributed by atoms with E-state index in [0.717, 1.165) is 34.8 Å². The van der Waals surface area contributed by atoms with Gasteiger partial charge in [0.2, 0.25) is 5.91 Å². The summed E-state index contributed by atoms with van der Waals surface area (Å²) in [5.74, 6) is 0.0141. The topological polar surface area (TPSA) is 59.2 Å². The molecule has 21 heavy (non-hydrogen) atoms. The zero-order valence-electron chi connectivity index (χ0n) is 13.4. The van der Waals surface area contributed by atoms with Gasteiger partial charge in [0.1, 0.15) is 0 Å². The Morgan fingerprint density at radius 3 is 2.38 bits per heavy atom. The van der Waals surface area contributed by atoms with Crippen molar-refractivity contribution in [2.75, 3.05) is 7.05 Å². The normalized spacial score (nSPS) is 12.9. The second kappa shape index (κ2) is 10.4. The summed E-state index contributed by atoms with van der Waals surface area (Å²) in [6.07, 6.45) is 2.59. The predicted molar refractivity (Wildman–Crippen MR) is 94.8 cm³/mol. The third kappa shape index (κ3) is 5.74. The van der Waals surface area contributed by atoms with E-state index in [1.807, 2.05) is 27.8 Å². The lowest BCUT2D eigenvalue weighted by atomic mass is 10.1. The number of halogens is 2. The molecular weight excluding hydrogens is 329 g/mol. The van der Waals surface area contributed by atoms with Crippen molar-refractivity contribution in [1.82, 2.24) is 9.88 Å². The number of amides is 1. The summed E-state index contributed by atoms with van der Waals surface area (Å²) >= 11 is 1.69. The zero-order valence-corrected chi connectivity index (χ0v) is 15.8. The van der Waals surface area contributed by atoms with Crippen LogP contribution in [0.25, 0.3) is 0 Å². The van der Waals surface area contributed by atoms with Gasteiger partial charge in [-0.15, -0.1) is 36.2 Å². The van der Waals surface area contributed by atoms with Crippen molar-refractivity contribution in [1.29, 1.82) is 0 Å². The Morgan fingerprint density at radius 2 is 1.95 bits per heavy atom. The fourth-order valence-corrected chi connectivity index (χ4v) is 3.17. The highest BCUT2D eigenvalue weighted by atomic mass is 35.5. The Labute approximate surface area is 144 Å². The fraction of sp³-hybridized carbons (Fsp3) is 0.714. The molecule has 4 nitrogen and oxygen atoms in total. The van der Waals surface area contributed by atoms with E-state index in [-0.39, 0.29) is 36.8 Å². The van der Waals surface area contributed by atoms with Crippen LogP contribution in [0.1, 0.15) is 55.2 Å². The summed E-state index contributed by atoms with van der Waals surface area (Å²) in [6.45, 7) is 8.18. The Hall–Kier alpha value is -0.360.